The molecule has 1 fully saturated rings. The van der Waals surface area contributed by atoms with Crippen molar-refractivity contribution in [1.29, 1.82) is 0 Å². The van der Waals surface area contributed by atoms with E-state index in [2.05, 4.69) is 4.99 Å². The Morgan fingerprint density at radius 1 is 1.19 bits per heavy atom. The molecule has 1 aliphatic heterocycles. The number of hydrogen-bond acceptors (Lipinski definition) is 4. The van der Waals surface area contributed by atoms with Crippen LogP contribution in [0.3, 0.4) is 0 Å². The summed E-state index contributed by atoms with van der Waals surface area (Å²) < 4.78 is 5.83. The Morgan fingerprint density at radius 3 is 2.69 bits per heavy atom. The van der Waals surface area contributed by atoms with Gasteiger partial charge in [-0.1, -0.05) is 41.4 Å². The monoisotopic (exact) mass is 406 g/mol. The Bertz CT molecular complexity index is 912. The van der Waals surface area contributed by atoms with Gasteiger partial charge in [-0.3, -0.25) is 14.7 Å². The number of hydrogen-bond donors (Lipinski definition) is 0. The van der Waals surface area contributed by atoms with Crippen LogP contribution in [-0.4, -0.2) is 30.1 Å². The second-order valence-corrected chi connectivity index (χ2v) is 7.41. The summed E-state index contributed by atoms with van der Waals surface area (Å²) in [6.45, 7) is 0.375. The number of rotatable bonds is 4. The van der Waals surface area contributed by atoms with E-state index in [0.29, 0.717) is 32.5 Å². The lowest BCUT2D eigenvalue weighted by molar-refractivity contribution is -0.121. The van der Waals surface area contributed by atoms with Gasteiger partial charge in [-0.15, -0.1) is 0 Å². The molecule has 0 spiro atoms. The first kappa shape index (κ1) is 18.8. The van der Waals surface area contributed by atoms with E-state index < -0.39 is 0 Å². The lowest BCUT2D eigenvalue weighted by Crippen LogP contribution is -2.23. The first-order valence-corrected chi connectivity index (χ1v) is 9.36. The van der Waals surface area contributed by atoms with Gasteiger partial charge in [0.2, 0.25) is 0 Å². The van der Waals surface area contributed by atoms with Crippen LogP contribution in [0.25, 0.3) is 6.08 Å². The molecule has 0 saturated carbocycles. The smallest absolute Gasteiger partial charge is 0.266 e. The molecule has 7 heteroatoms. The third-order valence-corrected chi connectivity index (χ3v) is 5.63. The van der Waals surface area contributed by atoms with Crippen molar-refractivity contribution < 1.29 is 9.53 Å². The van der Waals surface area contributed by atoms with E-state index in [4.69, 9.17) is 27.9 Å². The molecule has 0 aliphatic carbocycles. The number of amidine groups is 1. The van der Waals surface area contributed by atoms with Gasteiger partial charge in [-0.25, -0.2) is 0 Å². The molecule has 0 N–H and O–H groups in total. The maximum absolute atomic E-state index is 12.2. The van der Waals surface area contributed by atoms with E-state index in [1.54, 1.807) is 31.1 Å². The molecule has 1 saturated heterocycles. The molecule has 134 valence electrons. The van der Waals surface area contributed by atoms with Crippen molar-refractivity contribution in [2.75, 3.05) is 14.1 Å². The second-order valence-electron chi connectivity index (χ2n) is 5.59. The number of nitrogens with zero attached hydrogens (tertiary/aromatic N) is 2. The number of carbonyl (C=O) groups is 1. The Kier molecular flexibility index (Phi) is 5.91. The zero-order valence-electron chi connectivity index (χ0n) is 14.2. The van der Waals surface area contributed by atoms with Crippen molar-refractivity contribution >= 4 is 52.1 Å². The summed E-state index contributed by atoms with van der Waals surface area (Å²) >= 11 is 13.3. The molecule has 3 rings (SSSR count). The molecule has 0 atom stereocenters. The van der Waals surface area contributed by atoms with Crippen LogP contribution in [0.15, 0.2) is 52.4 Å². The van der Waals surface area contributed by atoms with Gasteiger partial charge in [0.25, 0.3) is 5.91 Å². The van der Waals surface area contributed by atoms with Gasteiger partial charge in [-0.05, 0) is 53.2 Å². The van der Waals surface area contributed by atoms with Gasteiger partial charge in [-0.2, -0.15) is 0 Å². The van der Waals surface area contributed by atoms with Crippen LogP contribution in [-0.2, 0) is 11.4 Å². The molecule has 0 bridgehead atoms. The first-order valence-electron chi connectivity index (χ1n) is 7.79. The highest BCUT2D eigenvalue weighted by Crippen LogP contribution is 2.31. The van der Waals surface area contributed by atoms with Crippen LogP contribution in [0.2, 0.25) is 10.0 Å². The number of carbonyl (C=O) groups excluding carboxylic acids is 1. The molecule has 1 aliphatic rings. The second kappa shape index (κ2) is 8.16. The Hall–Kier alpha value is -1.95. The lowest BCUT2D eigenvalue weighted by atomic mass is 10.2. The lowest BCUT2D eigenvalue weighted by Gasteiger charge is -2.08. The van der Waals surface area contributed by atoms with Gasteiger partial charge >= 0.3 is 0 Å². The highest BCUT2D eigenvalue weighted by atomic mass is 35.5. The predicted molar refractivity (Wildman–Crippen MR) is 109 cm³/mol. The molecule has 26 heavy (non-hydrogen) atoms. The number of aliphatic imine (C=N–C) groups is 1. The molecule has 1 amide bonds. The third kappa shape index (κ3) is 4.23. The number of amides is 1. The molecule has 2 aromatic carbocycles. The van der Waals surface area contributed by atoms with E-state index in [1.165, 1.54) is 11.8 Å². The van der Waals surface area contributed by atoms with E-state index in [1.807, 2.05) is 36.4 Å². The average molecular weight is 407 g/mol. The SMILES string of the molecule is CN=C1SC(=Cc2cccc(OCc3ccc(Cl)c(Cl)c3)c2)C(=O)N1C. The normalized spacial score (nSPS) is 17.4. The Balaban J connectivity index is 1.73. The van der Waals surface area contributed by atoms with Crippen molar-refractivity contribution in [3.8, 4) is 5.75 Å². The van der Waals surface area contributed by atoms with Crippen LogP contribution in [0.5, 0.6) is 5.75 Å². The quantitative estimate of drug-likeness (QED) is 0.662. The Morgan fingerprint density at radius 2 is 2.00 bits per heavy atom. The Labute approximate surface area is 166 Å². The van der Waals surface area contributed by atoms with Crippen molar-refractivity contribution in [3.05, 3.63) is 68.5 Å². The fourth-order valence-electron chi connectivity index (χ4n) is 2.39. The van der Waals surface area contributed by atoms with Gasteiger partial charge in [0.1, 0.15) is 12.4 Å². The van der Waals surface area contributed by atoms with Gasteiger partial charge < -0.3 is 4.74 Å². The average Bonchev–Trinajstić information content (AvgIpc) is 2.91. The first-order chi connectivity index (χ1) is 12.5. The zero-order valence-corrected chi connectivity index (χ0v) is 16.5. The molecule has 4 nitrogen and oxygen atoms in total. The van der Waals surface area contributed by atoms with Crippen LogP contribution >= 0.6 is 35.0 Å². The van der Waals surface area contributed by atoms with Crippen molar-refractivity contribution in [2.45, 2.75) is 6.61 Å². The van der Waals surface area contributed by atoms with E-state index in [-0.39, 0.29) is 5.91 Å². The summed E-state index contributed by atoms with van der Waals surface area (Å²) in [5, 5.41) is 1.71. The maximum atomic E-state index is 12.2. The minimum absolute atomic E-state index is 0.0577. The molecule has 0 radical (unpaired) electrons. The van der Waals surface area contributed by atoms with Crippen molar-refractivity contribution in [1.82, 2.24) is 4.90 Å². The van der Waals surface area contributed by atoms with Gasteiger partial charge in [0, 0.05) is 14.1 Å². The van der Waals surface area contributed by atoms with Crippen LogP contribution in [0.1, 0.15) is 11.1 Å². The predicted octanol–water partition coefficient (Wildman–Crippen LogP) is 5.10. The number of halogens is 2. The number of benzene rings is 2. The summed E-state index contributed by atoms with van der Waals surface area (Å²) in [5.74, 6) is 0.649. The van der Waals surface area contributed by atoms with Crippen LogP contribution in [0.4, 0.5) is 0 Å². The number of thioether (sulfide) groups is 1. The van der Waals surface area contributed by atoms with Crippen LogP contribution < -0.4 is 4.74 Å². The van der Waals surface area contributed by atoms with E-state index in [9.17, 15) is 4.79 Å². The maximum Gasteiger partial charge on any atom is 0.266 e. The standard InChI is InChI=1S/C19H16Cl2N2O2S/c1-22-19-23(2)18(24)17(26-19)10-12-4-3-5-14(8-12)25-11-13-6-7-15(20)16(21)9-13/h3-10H,11H2,1-2H3. The largest absolute Gasteiger partial charge is 0.489 e. The summed E-state index contributed by atoms with van der Waals surface area (Å²) in [6.07, 6.45) is 1.84. The van der Waals surface area contributed by atoms with Crippen LogP contribution in [0, 0.1) is 0 Å². The van der Waals surface area contributed by atoms with Gasteiger partial charge in [0.15, 0.2) is 5.17 Å². The fourth-order valence-corrected chi connectivity index (χ4v) is 3.64. The summed E-state index contributed by atoms with van der Waals surface area (Å²) in [5.41, 5.74) is 1.81. The number of likely N-dealkylation sites (N-methyl/N-ethyl adjacent to an activating group) is 1. The summed E-state index contributed by atoms with van der Waals surface area (Å²) in [7, 11) is 3.39. The highest BCUT2D eigenvalue weighted by Gasteiger charge is 2.29. The summed E-state index contributed by atoms with van der Waals surface area (Å²) in [6, 6.07) is 13.0. The minimum Gasteiger partial charge on any atom is -0.489 e. The highest BCUT2D eigenvalue weighted by molar-refractivity contribution is 8.18. The molecule has 0 aromatic heterocycles. The summed E-state index contributed by atoms with van der Waals surface area (Å²) in [4.78, 5) is 18.5. The molecule has 1 heterocycles. The molecule has 0 unspecified atom stereocenters. The topological polar surface area (TPSA) is 41.9 Å². The van der Waals surface area contributed by atoms with Gasteiger partial charge in [0.05, 0.1) is 15.0 Å². The zero-order chi connectivity index (χ0) is 18.7. The molecular formula is C19H16Cl2N2O2S. The minimum atomic E-state index is -0.0577. The fraction of sp³-hybridized carbons (Fsp3) is 0.158. The van der Waals surface area contributed by atoms with E-state index >= 15 is 0 Å². The molecular weight excluding hydrogens is 391 g/mol. The molecule has 2 aromatic rings. The van der Waals surface area contributed by atoms with Crippen molar-refractivity contribution in [2.24, 2.45) is 4.99 Å². The number of ether oxygens (including phenoxy) is 1. The van der Waals surface area contributed by atoms with Crippen molar-refractivity contribution in [3.63, 3.8) is 0 Å². The van der Waals surface area contributed by atoms with E-state index in [0.717, 1.165) is 11.1 Å². The third-order valence-electron chi connectivity index (χ3n) is 3.74.